The van der Waals surface area contributed by atoms with Gasteiger partial charge in [-0.1, -0.05) is 63.2 Å². The first-order valence-corrected chi connectivity index (χ1v) is 14.4. The molecule has 0 fully saturated rings. The Labute approximate surface area is 230 Å². The van der Waals surface area contributed by atoms with E-state index in [1.54, 1.807) is 11.3 Å². The minimum Gasteiger partial charge on any atom is -0.491 e. The van der Waals surface area contributed by atoms with Crippen LogP contribution in [0.4, 0.5) is 0 Å². The van der Waals surface area contributed by atoms with Crippen molar-refractivity contribution in [2.24, 2.45) is 0 Å². The van der Waals surface area contributed by atoms with Gasteiger partial charge < -0.3 is 19.5 Å². The van der Waals surface area contributed by atoms with Crippen LogP contribution >= 0.6 is 11.3 Å². The Morgan fingerprint density at radius 3 is 2.61 bits per heavy atom. The third kappa shape index (κ3) is 7.67. The summed E-state index contributed by atoms with van der Waals surface area (Å²) >= 11 is 1.75. The number of amides is 1. The summed E-state index contributed by atoms with van der Waals surface area (Å²) in [5, 5.41) is 12.7. The molecule has 1 N–H and O–H groups in total. The molecule has 0 bridgehead atoms. The molecule has 1 amide bonds. The molecule has 204 valence electrons. The van der Waals surface area contributed by atoms with Crippen LogP contribution in [0.2, 0.25) is 0 Å². The van der Waals surface area contributed by atoms with Crippen LogP contribution in [0, 0.1) is 0 Å². The van der Waals surface area contributed by atoms with Crippen molar-refractivity contribution in [1.82, 2.24) is 9.80 Å². The summed E-state index contributed by atoms with van der Waals surface area (Å²) in [6, 6.07) is 20.2. The Morgan fingerprint density at radius 2 is 1.89 bits per heavy atom. The van der Waals surface area contributed by atoms with Crippen molar-refractivity contribution in [3.8, 4) is 5.75 Å². The second-order valence-corrected chi connectivity index (χ2v) is 11.2. The van der Waals surface area contributed by atoms with Gasteiger partial charge in [-0.05, 0) is 59.2 Å². The summed E-state index contributed by atoms with van der Waals surface area (Å²) in [6.45, 7) is 9.46. The van der Waals surface area contributed by atoms with Crippen molar-refractivity contribution in [2.75, 3.05) is 39.4 Å². The molecule has 1 aliphatic rings. The molecule has 0 spiro atoms. The van der Waals surface area contributed by atoms with Gasteiger partial charge in [0.25, 0.3) is 0 Å². The van der Waals surface area contributed by atoms with E-state index in [1.165, 1.54) is 16.0 Å². The van der Waals surface area contributed by atoms with E-state index in [0.717, 1.165) is 17.7 Å². The number of aliphatic hydroxyl groups is 1. The average molecular weight is 537 g/mol. The smallest absolute Gasteiger partial charge is 0.237 e. The predicted octanol–water partition coefficient (Wildman–Crippen LogP) is 5.28. The average Bonchev–Trinajstić information content (AvgIpc) is 3.41. The minimum absolute atomic E-state index is 0.0601. The van der Waals surface area contributed by atoms with Gasteiger partial charge in [-0.25, -0.2) is 0 Å². The second kappa shape index (κ2) is 13.9. The first-order valence-electron chi connectivity index (χ1n) is 13.5. The minimum atomic E-state index is -0.663. The topological polar surface area (TPSA) is 62.2 Å². The lowest BCUT2D eigenvalue weighted by Gasteiger charge is -2.37. The fourth-order valence-corrected chi connectivity index (χ4v) is 5.75. The monoisotopic (exact) mass is 536 g/mol. The molecule has 2 aromatic carbocycles. The number of fused-ring (bicyclic) bond motifs is 1. The Kier molecular flexibility index (Phi) is 10.4. The molecule has 4 rings (SSSR count). The van der Waals surface area contributed by atoms with Crippen molar-refractivity contribution in [1.29, 1.82) is 0 Å². The summed E-state index contributed by atoms with van der Waals surface area (Å²) in [5.41, 5.74) is 3.54. The molecule has 1 aromatic heterocycles. The highest BCUT2D eigenvalue weighted by molar-refractivity contribution is 7.10. The predicted molar refractivity (Wildman–Crippen MR) is 153 cm³/mol. The second-order valence-electron chi connectivity index (χ2n) is 10.2. The molecule has 7 heteroatoms. The van der Waals surface area contributed by atoms with Crippen molar-refractivity contribution in [3.63, 3.8) is 0 Å². The van der Waals surface area contributed by atoms with Crippen LogP contribution in [0.15, 0.2) is 66.0 Å². The van der Waals surface area contributed by atoms with Gasteiger partial charge in [0.15, 0.2) is 0 Å². The molecule has 2 heterocycles. The fraction of sp³-hybridized carbons (Fsp3) is 0.452. The molecule has 0 saturated carbocycles. The summed E-state index contributed by atoms with van der Waals surface area (Å²) in [6.07, 6.45) is 0.199. The van der Waals surface area contributed by atoms with Crippen molar-refractivity contribution in [2.45, 2.75) is 51.9 Å². The molecule has 0 aliphatic carbocycles. The van der Waals surface area contributed by atoms with Crippen LogP contribution in [0.5, 0.6) is 5.75 Å². The number of thiophene rings is 1. The van der Waals surface area contributed by atoms with E-state index >= 15 is 0 Å². The van der Waals surface area contributed by atoms with Crippen LogP contribution in [0.1, 0.15) is 54.3 Å². The zero-order valence-corrected chi connectivity index (χ0v) is 23.5. The van der Waals surface area contributed by atoms with E-state index < -0.39 is 6.10 Å². The maximum absolute atomic E-state index is 13.5. The third-order valence-electron chi connectivity index (χ3n) is 7.07. The summed E-state index contributed by atoms with van der Waals surface area (Å²) in [7, 11) is 0. The van der Waals surface area contributed by atoms with E-state index in [2.05, 4.69) is 37.4 Å². The van der Waals surface area contributed by atoms with Crippen LogP contribution in [-0.2, 0) is 22.6 Å². The number of carbonyl (C=O) groups is 1. The largest absolute Gasteiger partial charge is 0.491 e. The molecular weight excluding hydrogens is 496 g/mol. The molecule has 3 aromatic rings. The van der Waals surface area contributed by atoms with Crippen LogP contribution in [-0.4, -0.2) is 66.3 Å². The van der Waals surface area contributed by atoms with Crippen molar-refractivity contribution >= 4 is 17.2 Å². The van der Waals surface area contributed by atoms with Crippen LogP contribution in [0.25, 0.3) is 0 Å². The number of carbonyl (C=O) groups excluding carboxylic acids is 1. The zero-order chi connectivity index (χ0) is 26.9. The SMILES string of the molecule is CCN(CC(=O)N1CCc2sccc2C1COc1ccc(C(C)C)cc1)CC(O)COCc1ccccc1. The van der Waals surface area contributed by atoms with Gasteiger partial charge in [-0.3, -0.25) is 9.69 Å². The van der Waals surface area contributed by atoms with Gasteiger partial charge in [0.2, 0.25) is 5.91 Å². The maximum atomic E-state index is 13.5. The van der Waals surface area contributed by atoms with E-state index in [0.29, 0.717) is 38.8 Å². The summed E-state index contributed by atoms with van der Waals surface area (Å²) < 4.78 is 11.9. The van der Waals surface area contributed by atoms with Gasteiger partial charge in [0.05, 0.1) is 31.9 Å². The van der Waals surface area contributed by atoms with Crippen molar-refractivity contribution < 1.29 is 19.4 Å². The summed E-state index contributed by atoms with van der Waals surface area (Å²) in [4.78, 5) is 18.8. The van der Waals surface area contributed by atoms with Crippen molar-refractivity contribution in [3.05, 3.63) is 87.6 Å². The number of ether oxygens (including phenoxy) is 2. The fourth-order valence-electron chi connectivity index (χ4n) is 4.82. The highest BCUT2D eigenvalue weighted by Crippen LogP contribution is 2.34. The van der Waals surface area contributed by atoms with Gasteiger partial charge in [-0.15, -0.1) is 11.3 Å². The van der Waals surface area contributed by atoms with Crippen LogP contribution in [0.3, 0.4) is 0 Å². The van der Waals surface area contributed by atoms with E-state index in [4.69, 9.17) is 9.47 Å². The number of hydrogen-bond donors (Lipinski definition) is 1. The number of hydrogen-bond acceptors (Lipinski definition) is 6. The number of aliphatic hydroxyl groups excluding tert-OH is 1. The molecule has 0 saturated heterocycles. The molecule has 2 unspecified atom stereocenters. The number of benzene rings is 2. The molecule has 1 aliphatic heterocycles. The van der Waals surface area contributed by atoms with Gasteiger partial charge in [-0.2, -0.15) is 0 Å². The highest BCUT2D eigenvalue weighted by atomic mass is 32.1. The maximum Gasteiger partial charge on any atom is 0.237 e. The standard InChI is InChI=1S/C31H40N2O4S/c1-4-32(18-26(34)21-36-20-24-8-6-5-7-9-24)19-31(35)33-16-14-30-28(15-17-38-30)29(33)22-37-27-12-10-25(11-13-27)23(2)3/h5-13,15,17,23,26,29,34H,4,14,16,18-22H2,1-3H3. The number of rotatable bonds is 13. The zero-order valence-electron chi connectivity index (χ0n) is 22.7. The molecular formula is C31H40N2O4S. The van der Waals surface area contributed by atoms with Crippen LogP contribution < -0.4 is 4.74 Å². The lowest BCUT2D eigenvalue weighted by Crippen LogP contribution is -2.48. The summed E-state index contributed by atoms with van der Waals surface area (Å²) in [5.74, 6) is 1.35. The van der Waals surface area contributed by atoms with E-state index in [1.807, 2.05) is 59.2 Å². The van der Waals surface area contributed by atoms with Gasteiger partial charge in [0, 0.05) is 18.0 Å². The normalized spacial score (nSPS) is 16.1. The Morgan fingerprint density at radius 1 is 1.13 bits per heavy atom. The van der Waals surface area contributed by atoms with Gasteiger partial charge >= 0.3 is 0 Å². The van der Waals surface area contributed by atoms with Gasteiger partial charge in [0.1, 0.15) is 12.4 Å². The Balaban J connectivity index is 1.33. The lowest BCUT2D eigenvalue weighted by atomic mass is 10.00. The third-order valence-corrected chi connectivity index (χ3v) is 8.06. The molecule has 0 radical (unpaired) electrons. The number of nitrogens with zero attached hydrogens (tertiary/aromatic N) is 2. The first-order chi connectivity index (χ1) is 18.4. The first kappa shape index (κ1) is 28.3. The van der Waals surface area contributed by atoms with E-state index in [9.17, 15) is 9.90 Å². The lowest BCUT2D eigenvalue weighted by molar-refractivity contribution is -0.136. The quantitative estimate of drug-likeness (QED) is 0.322. The van der Waals surface area contributed by atoms with E-state index in [-0.39, 0.29) is 25.1 Å². The molecule has 2 atom stereocenters. The molecule has 38 heavy (non-hydrogen) atoms. The Hall–Kier alpha value is -2.71. The Bertz CT molecular complexity index is 1130. The molecule has 6 nitrogen and oxygen atoms in total. The highest BCUT2D eigenvalue weighted by Gasteiger charge is 2.33. The number of likely N-dealkylation sites (N-methyl/N-ethyl adjacent to an activating group) is 1.